The molecule has 1 fully saturated rings. The number of ether oxygens (including phenoxy) is 1. The summed E-state index contributed by atoms with van der Waals surface area (Å²) in [4.78, 5) is 0. The summed E-state index contributed by atoms with van der Waals surface area (Å²) < 4.78 is 5.99. The van der Waals surface area contributed by atoms with Crippen molar-refractivity contribution >= 4 is 0 Å². The average molecular weight is 252 g/mol. The first-order valence-corrected chi connectivity index (χ1v) is 7.98. The van der Waals surface area contributed by atoms with Crippen LogP contribution in [0.15, 0.2) is 24.0 Å². The Hall–Kier alpha value is -0.720. The molecule has 1 heteroatoms. The molecular formula is C17H32O. The van der Waals surface area contributed by atoms with Crippen molar-refractivity contribution in [2.75, 3.05) is 0 Å². The molecule has 0 aromatic carbocycles. The van der Waals surface area contributed by atoms with Crippen LogP contribution < -0.4 is 0 Å². The number of allylic oxidation sites excluding steroid dienone is 3. The molecule has 2 aliphatic rings. The van der Waals surface area contributed by atoms with Gasteiger partial charge in [0.25, 0.3) is 0 Å². The van der Waals surface area contributed by atoms with E-state index in [1.807, 2.05) is 27.7 Å². The van der Waals surface area contributed by atoms with E-state index in [0.717, 1.165) is 12.2 Å². The summed E-state index contributed by atoms with van der Waals surface area (Å²) in [7, 11) is 0. The Bertz CT molecular complexity index is 220. The summed E-state index contributed by atoms with van der Waals surface area (Å²) >= 11 is 0. The molecule has 106 valence electrons. The molecule has 0 radical (unpaired) electrons. The maximum atomic E-state index is 5.99. The topological polar surface area (TPSA) is 9.23 Å². The molecule has 1 saturated carbocycles. The van der Waals surface area contributed by atoms with Crippen LogP contribution in [0.25, 0.3) is 0 Å². The second kappa shape index (κ2) is 12.7. The van der Waals surface area contributed by atoms with E-state index in [1.54, 1.807) is 0 Å². The smallest absolute Gasteiger partial charge is 0.115 e. The van der Waals surface area contributed by atoms with E-state index in [9.17, 15) is 0 Å². The van der Waals surface area contributed by atoms with Gasteiger partial charge in [0.2, 0.25) is 0 Å². The van der Waals surface area contributed by atoms with E-state index in [1.165, 1.54) is 44.9 Å². The maximum absolute atomic E-state index is 5.99. The van der Waals surface area contributed by atoms with Crippen molar-refractivity contribution in [3.8, 4) is 0 Å². The highest BCUT2D eigenvalue weighted by Crippen LogP contribution is 2.23. The normalized spacial score (nSPS) is 19.4. The third kappa shape index (κ3) is 7.58. The van der Waals surface area contributed by atoms with Gasteiger partial charge >= 0.3 is 0 Å². The van der Waals surface area contributed by atoms with Crippen LogP contribution in [0.4, 0.5) is 0 Å². The minimum absolute atomic E-state index is 0.492. The lowest BCUT2D eigenvalue weighted by Crippen LogP contribution is -2.11. The first-order chi connectivity index (χ1) is 8.95. The van der Waals surface area contributed by atoms with Crippen LogP contribution in [-0.4, -0.2) is 6.10 Å². The molecule has 0 heterocycles. The minimum Gasteiger partial charge on any atom is -0.491 e. The van der Waals surface area contributed by atoms with Gasteiger partial charge in [0, 0.05) is 0 Å². The predicted molar refractivity (Wildman–Crippen MR) is 81.7 cm³/mol. The monoisotopic (exact) mass is 252 g/mol. The molecular weight excluding hydrogens is 220 g/mol. The van der Waals surface area contributed by atoms with Crippen molar-refractivity contribution in [2.24, 2.45) is 0 Å². The molecule has 0 N–H and O–H groups in total. The molecule has 0 aliphatic heterocycles. The number of rotatable bonds is 2. The van der Waals surface area contributed by atoms with Crippen LogP contribution in [0.1, 0.15) is 79.1 Å². The second-order valence-corrected chi connectivity index (χ2v) is 4.32. The first kappa shape index (κ1) is 17.3. The Kier molecular flexibility index (Phi) is 12.2. The van der Waals surface area contributed by atoms with Crippen molar-refractivity contribution in [3.05, 3.63) is 24.0 Å². The SMILES string of the molecule is C1=CC(OC2CCCCCC2)=CCC1.CC.CC. The third-order valence-electron chi connectivity index (χ3n) is 3.07. The quantitative estimate of drug-likeness (QED) is 0.547. The molecule has 1 nitrogen and oxygen atoms in total. The van der Waals surface area contributed by atoms with E-state index >= 15 is 0 Å². The summed E-state index contributed by atoms with van der Waals surface area (Å²) in [6.45, 7) is 8.00. The molecule has 0 unspecified atom stereocenters. The Balaban J connectivity index is 0.000000659. The number of hydrogen-bond acceptors (Lipinski definition) is 1. The van der Waals surface area contributed by atoms with Gasteiger partial charge in [-0.2, -0.15) is 0 Å². The van der Waals surface area contributed by atoms with Crippen LogP contribution in [0.5, 0.6) is 0 Å². The van der Waals surface area contributed by atoms with Gasteiger partial charge in [-0.1, -0.05) is 46.6 Å². The van der Waals surface area contributed by atoms with E-state index in [4.69, 9.17) is 4.74 Å². The van der Waals surface area contributed by atoms with Crippen molar-refractivity contribution < 1.29 is 4.74 Å². The van der Waals surface area contributed by atoms with E-state index in [-0.39, 0.29) is 0 Å². The minimum atomic E-state index is 0.492. The van der Waals surface area contributed by atoms with Gasteiger partial charge < -0.3 is 4.74 Å². The lowest BCUT2D eigenvalue weighted by atomic mass is 10.1. The van der Waals surface area contributed by atoms with Gasteiger partial charge in [0.1, 0.15) is 5.76 Å². The molecule has 0 atom stereocenters. The molecule has 0 bridgehead atoms. The zero-order chi connectivity index (χ0) is 13.6. The molecule has 0 spiro atoms. The summed E-state index contributed by atoms with van der Waals surface area (Å²) in [5, 5.41) is 0. The van der Waals surface area contributed by atoms with Gasteiger partial charge in [-0.3, -0.25) is 0 Å². The Morgan fingerprint density at radius 3 is 2.00 bits per heavy atom. The molecule has 18 heavy (non-hydrogen) atoms. The van der Waals surface area contributed by atoms with E-state index in [0.29, 0.717) is 6.10 Å². The summed E-state index contributed by atoms with van der Waals surface area (Å²) in [5.74, 6) is 1.11. The number of hydrogen-bond donors (Lipinski definition) is 0. The van der Waals surface area contributed by atoms with Crippen molar-refractivity contribution in [1.29, 1.82) is 0 Å². The second-order valence-electron chi connectivity index (χ2n) is 4.32. The molecule has 0 amide bonds. The molecule has 0 aromatic rings. The fourth-order valence-corrected chi connectivity index (χ4v) is 2.23. The predicted octanol–water partition coefficient (Wildman–Crippen LogP) is 6.01. The van der Waals surface area contributed by atoms with Crippen molar-refractivity contribution in [2.45, 2.75) is 85.2 Å². The third-order valence-corrected chi connectivity index (χ3v) is 3.07. The summed E-state index contributed by atoms with van der Waals surface area (Å²) in [5.41, 5.74) is 0. The average Bonchev–Trinajstić information content (AvgIpc) is 2.73. The fraction of sp³-hybridized carbons (Fsp3) is 0.765. The van der Waals surface area contributed by atoms with Gasteiger partial charge in [-0.15, -0.1) is 0 Å². The van der Waals surface area contributed by atoms with Crippen LogP contribution in [0.3, 0.4) is 0 Å². The lowest BCUT2D eigenvalue weighted by molar-refractivity contribution is 0.110. The van der Waals surface area contributed by atoms with Crippen LogP contribution in [0.2, 0.25) is 0 Å². The van der Waals surface area contributed by atoms with Gasteiger partial charge in [0.05, 0.1) is 6.10 Å². The highest BCUT2D eigenvalue weighted by molar-refractivity contribution is 5.16. The van der Waals surface area contributed by atoms with Crippen LogP contribution >= 0.6 is 0 Å². The Morgan fingerprint density at radius 1 is 0.889 bits per heavy atom. The molecule has 2 aliphatic carbocycles. The van der Waals surface area contributed by atoms with Gasteiger partial charge in [-0.25, -0.2) is 0 Å². The van der Waals surface area contributed by atoms with Crippen molar-refractivity contribution in [1.82, 2.24) is 0 Å². The highest BCUT2D eigenvalue weighted by Gasteiger charge is 2.14. The van der Waals surface area contributed by atoms with Crippen LogP contribution in [-0.2, 0) is 4.74 Å². The van der Waals surface area contributed by atoms with Crippen LogP contribution in [0, 0.1) is 0 Å². The Morgan fingerprint density at radius 2 is 1.50 bits per heavy atom. The largest absolute Gasteiger partial charge is 0.491 e. The van der Waals surface area contributed by atoms with Gasteiger partial charge in [-0.05, 0) is 50.7 Å². The van der Waals surface area contributed by atoms with Crippen molar-refractivity contribution in [3.63, 3.8) is 0 Å². The fourth-order valence-electron chi connectivity index (χ4n) is 2.23. The zero-order valence-electron chi connectivity index (χ0n) is 12.9. The van der Waals surface area contributed by atoms with Gasteiger partial charge in [0.15, 0.2) is 0 Å². The highest BCUT2D eigenvalue weighted by atomic mass is 16.5. The van der Waals surface area contributed by atoms with E-state index in [2.05, 4.69) is 18.2 Å². The lowest BCUT2D eigenvalue weighted by Gasteiger charge is -2.18. The summed E-state index contributed by atoms with van der Waals surface area (Å²) in [6.07, 6.45) is 17.4. The summed E-state index contributed by atoms with van der Waals surface area (Å²) in [6, 6.07) is 0. The van der Waals surface area contributed by atoms with E-state index < -0.39 is 0 Å². The zero-order valence-corrected chi connectivity index (χ0v) is 12.9. The molecule has 0 saturated heterocycles. The Labute approximate surface area is 114 Å². The molecule has 2 rings (SSSR count). The first-order valence-electron chi connectivity index (χ1n) is 7.98. The maximum Gasteiger partial charge on any atom is 0.115 e. The molecule has 0 aromatic heterocycles. The standard InChI is InChI=1S/C13H20O.2C2H6/c1-2-5-9-12(8-4-1)14-13-10-6-3-7-11-13;2*1-2/h6,10-12H,1-5,7-9H2;2*1-2H3.